The zero-order chi connectivity index (χ0) is 13.2. The molecule has 100 valence electrons. The molecule has 0 aliphatic heterocycles. The van der Waals surface area contributed by atoms with Crippen LogP contribution in [0.15, 0.2) is 29.2 Å². The van der Waals surface area contributed by atoms with Crippen LogP contribution in [0.3, 0.4) is 0 Å². The van der Waals surface area contributed by atoms with Crippen LogP contribution in [0.25, 0.3) is 0 Å². The van der Waals surface area contributed by atoms with Crippen molar-refractivity contribution >= 4 is 11.8 Å². The van der Waals surface area contributed by atoms with E-state index in [1.165, 1.54) is 25.0 Å². The Morgan fingerprint density at radius 2 is 1.67 bits per heavy atom. The third-order valence-corrected chi connectivity index (χ3v) is 4.15. The average Bonchev–Trinajstić information content (AvgIpc) is 2.80. The van der Waals surface area contributed by atoms with Gasteiger partial charge >= 0.3 is 5.51 Å². The van der Waals surface area contributed by atoms with Gasteiger partial charge in [0.15, 0.2) is 0 Å². The van der Waals surface area contributed by atoms with Gasteiger partial charge in [-0.25, -0.2) is 0 Å². The van der Waals surface area contributed by atoms with Crippen LogP contribution < -0.4 is 5.73 Å². The van der Waals surface area contributed by atoms with Gasteiger partial charge in [0.05, 0.1) is 0 Å². The van der Waals surface area contributed by atoms with E-state index in [-0.39, 0.29) is 22.7 Å². The van der Waals surface area contributed by atoms with Gasteiger partial charge in [0, 0.05) is 10.9 Å². The number of thioether (sulfide) groups is 1. The Morgan fingerprint density at radius 3 is 2.17 bits per heavy atom. The minimum absolute atomic E-state index is 0.0440. The fraction of sp³-hybridized carbons (Fsp3) is 0.538. The maximum Gasteiger partial charge on any atom is 0.446 e. The van der Waals surface area contributed by atoms with Gasteiger partial charge in [-0.3, -0.25) is 0 Å². The van der Waals surface area contributed by atoms with Crippen LogP contribution in [-0.2, 0) is 0 Å². The van der Waals surface area contributed by atoms with Crippen LogP contribution in [0.5, 0.6) is 0 Å². The molecule has 0 radical (unpaired) electrons. The summed E-state index contributed by atoms with van der Waals surface area (Å²) < 4.78 is 36.6. The summed E-state index contributed by atoms with van der Waals surface area (Å²) in [6.45, 7) is 0. The van der Waals surface area contributed by atoms with E-state index in [0.29, 0.717) is 5.92 Å². The molecule has 0 spiro atoms. The molecule has 1 aromatic carbocycles. The zero-order valence-corrected chi connectivity index (χ0v) is 10.7. The number of halogens is 3. The summed E-state index contributed by atoms with van der Waals surface area (Å²) in [6.07, 6.45) is 4.67. The molecule has 18 heavy (non-hydrogen) atoms. The van der Waals surface area contributed by atoms with E-state index in [9.17, 15) is 13.2 Å². The Kier molecular flexibility index (Phi) is 4.22. The number of nitrogens with two attached hydrogens (primary N) is 1. The first-order valence-corrected chi connectivity index (χ1v) is 6.88. The molecule has 1 fully saturated rings. The highest BCUT2D eigenvalue weighted by Gasteiger charge is 2.29. The fourth-order valence-electron chi connectivity index (χ4n) is 2.48. The number of rotatable bonds is 3. The van der Waals surface area contributed by atoms with Gasteiger partial charge in [-0.15, -0.1) is 0 Å². The molecule has 0 heterocycles. The second kappa shape index (κ2) is 5.53. The summed E-state index contributed by atoms with van der Waals surface area (Å²) in [5.41, 5.74) is 2.86. The Balaban J connectivity index is 2.02. The Hall–Kier alpha value is -0.680. The number of alkyl halides is 3. The molecule has 1 saturated carbocycles. The molecule has 1 aromatic rings. The summed E-state index contributed by atoms with van der Waals surface area (Å²) >= 11 is -0.0874. The molecule has 1 atom stereocenters. The summed E-state index contributed by atoms with van der Waals surface area (Å²) in [4.78, 5) is 0.213. The number of hydrogen-bond donors (Lipinski definition) is 1. The van der Waals surface area contributed by atoms with Crippen molar-refractivity contribution in [2.24, 2.45) is 11.7 Å². The van der Waals surface area contributed by atoms with Gasteiger partial charge in [0.2, 0.25) is 0 Å². The fourth-order valence-corrected chi connectivity index (χ4v) is 3.02. The highest BCUT2D eigenvalue weighted by molar-refractivity contribution is 8.00. The van der Waals surface area contributed by atoms with E-state index in [4.69, 9.17) is 5.73 Å². The highest BCUT2D eigenvalue weighted by atomic mass is 32.2. The van der Waals surface area contributed by atoms with Crippen LogP contribution in [0.2, 0.25) is 0 Å². The van der Waals surface area contributed by atoms with Crippen LogP contribution >= 0.6 is 11.8 Å². The third-order valence-electron chi connectivity index (χ3n) is 3.41. The lowest BCUT2D eigenvalue weighted by Crippen LogP contribution is -2.18. The minimum Gasteiger partial charge on any atom is -0.324 e. The summed E-state index contributed by atoms with van der Waals surface area (Å²) in [7, 11) is 0. The molecule has 0 bridgehead atoms. The summed E-state index contributed by atoms with van der Waals surface area (Å²) in [5, 5.41) is 0. The Labute approximate surface area is 109 Å². The molecule has 2 N–H and O–H groups in total. The van der Waals surface area contributed by atoms with Gasteiger partial charge in [-0.2, -0.15) is 13.2 Å². The molecule has 1 aliphatic rings. The quantitative estimate of drug-likeness (QED) is 0.823. The Morgan fingerprint density at radius 1 is 1.11 bits per heavy atom. The van der Waals surface area contributed by atoms with Gasteiger partial charge in [0.25, 0.3) is 0 Å². The SMILES string of the molecule is N[C@@H](c1ccc(SC(F)(F)F)cc1)C1CCCC1. The monoisotopic (exact) mass is 275 g/mol. The standard InChI is InChI=1S/C13H16F3NS/c14-13(15,16)18-11-7-5-10(6-8-11)12(17)9-3-1-2-4-9/h5-9,12H,1-4,17H2/t12-/m1/s1. The highest BCUT2D eigenvalue weighted by Crippen LogP contribution is 2.38. The summed E-state index contributed by atoms with van der Waals surface area (Å²) in [6, 6.07) is 6.40. The van der Waals surface area contributed by atoms with Gasteiger partial charge in [-0.1, -0.05) is 25.0 Å². The van der Waals surface area contributed by atoms with Crippen molar-refractivity contribution < 1.29 is 13.2 Å². The zero-order valence-electron chi connectivity index (χ0n) is 9.91. The van der Waals surface area contributed by atoms with Gasteiger partial charge in [-0.05, 0) is 48.2 Å². The lowest BCUT2D eigenvalue weighted by molar-refractivity contribution is -0.0328. The normalized spacial score (nSPS) is 19.1. The average molecular weight is 275 g/mol. The smallest absolute Gasteiger partial charge is 0.324 e. The molecule has 1 nitrogen and oxygen atoms in total. The van der Waals surface area contributed by atoms with E-state index in [1.807, 2.05) is 0 Å². The van der Waals surface area contributed by atoms with Crippen LogP contribution in [-0.4, -0.2) is 5.51 Å². The molecule has 5 heteroatoms. The largest absolute Gasteiger partial charge is 0.446 e. The number of benzene rings is 1. The topological polar surface area (TPSA) is 26.0 Å². The molecule has 0 amide bonds. The first-order valence-electron chi connectivity index (χ1n) is 6.07. The molecule has 2 rings (SSSR count). The second-order valence-corrected chi connectivity index (χ2v) is 5.83. The molecule has 1 aliphatic carbocycles. The van der Waals surface area contributed by atoms with Crippen molar-refractivity contribution in [1.82, 2.24) is 0 Å². The van der Waals surface area contributed by atoms with E-state index >= 15 is 0 Å². The lowest BCUT2D eigenvalue weighted by Gasteiger charge is -2.19. The minimum atomic E-state index is -4.23. The van der Waals surface area contributed by atoms with Gasteiger partial charge < -0.3 is 5.73 Å². The lowest BCUT2D eigenvalue weighted by atomic mass is 9.93. The van der Waals surface area contributed by atoms with Crippen molar-refractivity contribution in [3.05, 3.63) is 29.8 Å². The first-order chi connectivity index (χ1) is 8.46. The maximum atomic E-state index is 12.2. The predicted octanol–water partition coefficient (Wildman–Crippen LogP) is 4.49. The first kappa shape index (κ1) is 13.7. The molecule has 0 aromatic heterocycles. The van der Waals surface area contributed by atoms with E-state index in [2.05, 4.69) is 0 Å². The number of hydrogen-bond acceptors (Lipinski definition) is 2. The van der Waals surface area contributed by atoms with Crippen molar-refractivity contribution in [2.75, 3.05) is 0 Å². The van der Waals surface area contributed by atoms with Crippen LogP contribution in [0, 0.1) is 5.92 Å². The molecular formula is C13H16F3NS. The van der Waals surface area contributed by atoms with Crippen LogP contribution in [0.4, 0.5) is 13.2 Å². The molecular weight excluding hydrogens is 259 g/mol. The van der Waals surface area contributed by atoms with E-state index in [0.717, 1.165) is 18.4 Å². The van der Waals surface area contributed by atoms with E-state index in [1.54, 1.807) is 12.1 Å². The second-order valence-electron chi connectivity index (χ2n) is 4.69. The Bertz CT molecular complexity index is 382. The van der Waals surface area contributed by atoms with Crippen LogP contribution in [0.1, 0.15) is 37.3 Å². The van der Waals surface area contributed by atoms with Crippen molar-refractivity contribution in [2.45, 2.75) is 42.1 Å². The molecule has 0 saturated heterocycles. The van der Waals surface area contributed by atoms with Crippen molar-refractivity contribution in [3.63, 3.8) is 0 Å². The summed E-state index contributed by atoms with van der Waals surface area (Å²) in [5.74, 6) is 0.478. The maximum absolute atomic E-state index is 12.2. The van der Waals surface area contributed by atoms with Gasteiger partial charge in [0.1, 0.15) is 0 Å². The van der Waals surface area contributed by atoms with Crippen molar-refractivity contribution in [1.29, 1.82) is 0 Å². The van der Waals surface area contributed by atoms with E-state index < -0.39 is 5.51 Å². The predicted molar refractivity (Wildman–Crippen MR) is 67.2 cm³/mol. The molecule has 0 unspecified atom stereocenters. The third kappa shape index (κ3) is 3.65. The van der Waals surface area contributed by atoms with Crippen molar-refractivity contribution in [3.8, 4) is 0 Å².